The summed E-state index contributed by atoms with van der Waals surface area (Å²) in [5, 5.41) is 3.44. The SMILES string of the molecule is CCNC(=NCc1ccc(N2CCN(C)CC2)nc1)N1CCC(OCC)CC1. The van der Waals surface area contributed by atoms with Crippen LogP contribution in [0.2, 0.25) is 0 Å². The molecular formula is C21H36N6O. The van der Waals surface area contributed by atoms with Gasteiger partial charge in [0.2, 0.25) is 0 Å². The number of rotatable bonds is 6. The van der Waals surface area contributed by atoms with E-state index in [-0.39, 0.29) is 0 Å². The molecular weight excluding hydrogens is 352 g/mol. The van der Waals surface area contributed by atoms with Gasteiger partial charge in [0.15, 0.2) is 5.96 Å². The highest BCUT2D eigenvalue weighted by atomic mass is 16.5. The third kappa shape index (κ3) is 5.82. The van der Waals surface area contributed by atoms with Crippen LogP contribution in [-0.2, 0) is 11.3 Å². The normalized spacial score (nSPS) is 19.9. The van der Waals surface area contributed by atoms with Crippen molar-refractivity contribution in [3.63, 3.8) is 0 Å². The maximum Gasteiger partial charge on any atom is 0.194 e. The Morgan fingerprint density at radius 3 is 2.50 bits per heavy atom. The van der Waals surface area contributed by atoms with Crippen molar-refractivity contribution in [1.29, 1.82) is 0 Å². The number of aromatic nitrogens is 1. The van der Waals surface area contributed by atoms with Gasteiger partial charge in [-0.15, -0.1) is 0 Å². The van der Waals surface area contributed by atoms with Crippen molar-refractivity contribution in [3.8, 4) is 0 Å². The topological polar surface area (TPSA) is 56.2 Å². The molecule has 7 nitrogen and oxygen atoms in total. The first-order valence-electron chi connectivity index (χ1n) is 10.7. The predicted octanol–water partition coefficient (Wildman–Crippen LogP) is 1.80. The number of hydrogen-bond donors (Lipinski definition) is 1. The molecule has 0 saturated carbocycles. The Morgan fingerprint density at radius 2 is 1.89 bits per heavy atom. The Kier molecular flexibility index (Phi) is 7.91. The third-order valence-corrected chi connectivity index (χ3v) is 5.53. The van der Waals surface area contributed by atoms with E-state index in [1.807, 2.05) is 6.20 Å². The van der Waals surface area contributed by atoms with Crippen LogP contribution in [-0.4, -0.2) is 86.3 Å². The lowest BCUT2D eigenvalue weighted by atomic mass is 10.1. The molecule has 0 unspecified atom stereocenters. The van der Waals surface area contributed by atoms with E-state index in [4.69, 9.17) is 9.73 Å². The van der Waals surface area contributed by atoms with Gasteiger partial charge in [-0.3, -0.25) is 0 Å². The summed E-state index contributed by atoms with van der Waals surface area (Å²) in [5.41, 5.74) is 1.15. The zero-order chi connectivity index (χ0) is 19.8. The molecule has 0 aliphatic carbocycles. The van der Waals surface area contributed by atoms with Crippen molar-refractivity contribution in [3.05, 3.63) is 23.9 Å². The summed E-state index contributed by atoms with van der Waals surface area (Å²) in [6.45, 7) is 12.8. The number of pyridine rings is 1. The number of likely N-dealkylation sites (tertiary alicyclic amines) is 1. The van der Waals surface area contributed by atoms with Crippen molar-refractivity contribution in [1.82, 2.24) is 20.1 Å². The Balaban J connectivity index is 1.55. The number of nitrogens with one attached hydrogen (secondary N) is 1. The minimum atomic E-state index is 0.399. The molecule has 3 heterocycles. The molecule has 0 spiro atoms. The van der Waals surface area contributed by atoms with Crippen molar-refractivity contribution in [2.24, 2.45) is 4.99 Å². The van der Waals surface area contributed by atoms with Crippen LogP contribution in [0.5, 0.6) is 0 Å². The highest BCUT2D eigenvalue weighted by Gasteiger charge is 2.21. The van der Waals surface area contributed by atoms with Gasteiger partial charge < -0.3 is 24.8 Å². The zero-order valence-electron chi connectivity index (χ0n) is 17.7. The molecule has 0 radical (unpaired) electrons. The first-order valence-corrected chi connectivity index (χ1v) is 10.7. The van der Waals surface area contributed by atoms with Gasteiger partial charge in [0.25, 0.3) is 0 Å². The highest BCUT2D eigenvalue weighted by molar-refractivity contribution is 5.80. The lowest BCUT2D eigenvalue weighted by Crippen LogP contribution is -2.47. The number of aliphatic imine (C=N–C) groups is 1. The van der Waals surface area contributed by atoms with Crippen LogP contribution < -0.4 is 10.2 Å². The number of guanidine groups is 1. The molecule has 0 atom stereocenters. The number of nitrogens with zero attached hydrogens (tertiary/aromatic N) is 5. The lowest BCUT2D eigenvalue weighted by molar-refractivity contribution is 0.0263. The summed E-state index contributed by atoms with van der Waals surface area (Å²) in [5.74, 6) is 2.08. The number of ether oxygens (including phenoxy) is 1. The number of piperazine rings is 1. The van der Waals surface area contributed by atoms with E-state index in [1.54, 1.807) is 0 Å². The van der Waals surface area contributed by atoms with E-state index in [0.717, 1.165) is 82.6 Å². The second kappa shape index (κ2) is 10.6. The van der Waals surface area contributed by atoms with Gasteiger partial charge in [0.1, 0.15) is 5.82 Å². The second-order valence-corrected chi connectivity index (χ2v) is 7.63. The van der Waals surface area contributed by atoms with Crippen LogP contribution in [0.15, 0.2) is 23.3 Å². The Bertz CT molecular complexity index is 604. The summed E-state index contributed by atoms with van der Waals surface area (Å²) < 4.78 is 5.77. The molecule has 0 amide bonds. The first kappa shape index (κ1) is 20.9. The Morgan fingerprint density at radius 1 is 1.14 bits per heavy atom. The summed E-state index contributed by atoms with van der Waals surface area (Å²) in [6.07, 6.45) is 4.51. The largest absolute Gasteiger partial charge is 0.378 e. The van der Waals surface area contributed by atoms with E-state index < -0.39 is 0 Å². The molecule has 2 aliphatic heterocycles. The quantitative estimate of drug-likeness (QED) is 0.592. The average molecular weight is 389 g/mol. The van der Waals surface area contributed by atoms with E-state index in [2.05, 4.69) is 58.0 Å². The van der Waals surface area contributed by atoms with Crippen LogP contribution in [0.1, 0.15) is 32.3 Å². The molecule has 2 saturated heterocycles. The summed E-state index contributed by atoms with van der Waals surface area (Å²) >= 11 is 0. The fourth-order valence-electron chi connectivity index (χ4n) is 3.79. The molecule has 2 aliphatic rings. The van der Waals surface area contributed by atoms with Crippen molar-refractivity contribution < 1.29 is 4.74 Å². The van der Waals surface area contributed by atoms with Gasteiger partial charge in [-0.2, -0.15) is 0 Å². The lowest BCUT2D eigenvalue weighted by Gasteiger charge is -2.34. The summed E-state index contributed by atoms with van der Waals surface area (Å²) in [7, 11) is 2.17. The smallest absolute Gasteiger partial charge is 0.194 e. The fraction of sp³-hybridized carbons (Fsp3) is 0.714. The predicted molar refractivity (Wildman–Crippen MR) is 115 cm³/mol. The van der Waals surface area contributed by atoms with Gasteiger partial charge >= 0.3 is 0 Å². The minimum absolute atomic E-state index is 0.399. The van der Waals surface area contributed by atoms with E-state index >= 15 is 0 Å². The molecule has 0 aromatic carbocycles. The van der Waals surface area contributed by atoms with Gasteiger partial charge in [-0.1, -0.05) is 6.07 Å². The molecule has 28 heavy (non-hydrogen) atoms. The maximum atomic E-state index is 5.77. The van der Waals surface area contributed by atoms with Gasteiger partial charge in [0.05, 0.1) is 12.6 Å². The molecule has 1 N–H and O–H groups in total. The first-order chi connectivity index (χ1) is 13.7. The van der Waals surface area contributed by atoms with Gasteiger partial charge in [-0.05, 0) is 45.4 Å². The molecule has 1 aromatic heterocycles. The molecule has 2 fully saturated rings. The highest BCUT2D eigenvalue weighted by Crippen LogP contribution is 2.16. The number of piperidine rings is 1. The van der Waals surface area contributed by atoms with Crippen LogP contribution in [0.25, 0.3) is 0 Å². The minimum Gasteiger partial charge on any atom is -0.378 e. The standard InChI is InChI=1S/C21H36N6O/c1-4-22-21(27-10-8-19(9-11-27)28-5-2)24-17-18-6-7-20(23-16-18)26-14-12-25(3)13-15-26/h6-7,16,19H,4-5,8-15,17H2,1-3H3,(H,22,24). The van der Waals surface area contributed by atoms with Crippen LogP contribution >= 0.6 is 0 Å². The van der Waals surface area contributed by atoms with Crippen LogP contribution in [0.4, 0.5) is 5.82 Å². The molecule has 0 bridgehead atoms. The Hall–Kier alpha value is -1.86. The van der Waals surface area contributed by atoms with Crippen molar-refractivity contribution in [2.75, 3.05) is 64.4 Å². The number of hydrogen-bond acceptors (Lipinski definition) is 5. The molecule has 7 heteroatoms. The van der Waals surface area contributed by atoms with E-state index in [1.165, 1.54) is 0 Å². The van der Waals surface area contributed by atoms with Crippen molar-refractivity contribution >= 4 is 11.8 Å². The van der Waals surface area contributed by atoms with Crippen molar-refractivity contribution in [2.45, 2.75) is 39.3 Å². The fourth-order valence-corrected chi connectivity index (χ4v) is 3.79. The second-order valence-electron chi connectivity index (χ2n) is 7.63. The summed E-state index contributed by atoms with van der Waals surface area (Å²) in [6, 6.07) is 4.30. The molecule has 1 aromatic rings. The monoisotopic (exact) mass is 388 g/mol. The third-order valence-electron chi connectivity index (χ3n) is 5.53. The van der Waals surface area contributed by atoms with Gasteiger partial charge in [-0.25, -0.2) is 9.98 Å². The van der Waals surface area contributed by atoms with Crippen LogP contribution in [0, 0.1) is 0 Å². The zero-order valence-corrected chi connectivity index (χ0v) is 17.7. The van der Waals surface area contributed by atoms with Gasteiger partial charge in [0, 0.05) is 58.6 Å². The van der Waals surface area contributed by atoms with E-state index in [0.29, 0.717) is 12.6 Å². The maximum absolute atomic E-state index is 5.77. The molecule has 156 valence electrons. The van der Waals surface area contributed by atoms with Crippen LogP contribution in [0.3, 0.4) is 0 Å². The Labute approximate surface area is 169 Å². The summed E-state index contributed by atoms with van der Waals surface area (Å²) in [4.78, 5) is 16.6. The number of likely N-dealkylation sites (N-methyl/N-ethyl adjacent to an activating group) is 1. The average Bonchev–Trinajstić information content (AvgIpc) is 2.73. The molecule has 3 rings (SSSR count). The van der Waals surface area contributed by atoms with E-state index in [9.17, 15) is 0 Å². The number of anilines is 1.